The predicted molar refractivity (Wildman–Crippen MR) is 68.5 cm³/mol. The third-order valence-corrected chi connectivity index (χ3v) is 2.63. The summed E-state index contributed by atoms with van der Waals surface area (Å²) in [5.74, 6) is -0.146. The van der Waals surface area contributed by atoms with Gasteiger partial charge < -0.3 is 10.1 Å². The van der Waals surface area contributed by atoms with Gasteiger partial charge in [-0.05, 0) is 25.2 Å². The van der Waals surface area contributed by atoms with E-state index in [1.54, 1.807) is 18.3 Å². The van der Waals surface area contributed by atoms with Crippen molar-refractivity contribution in [2.24, 2.45) is 0 Å². The van der Waals surface area contributed by atoms with E-state index in [-0.39, 0.29) is 10.8 Å². The standard InChI is InChI=1S/C13H12ClFN2O/c1-16-8-9-4-3-7-17-13(9)18-11-6-2-5-10(14)12(11)15/h2-7,16H,8H2,1H3. The second-order valence-electron chi connectivity index (χ2n) is 3.65. The van der Waals surface area contributed by atoms with Crippen LogP contribution in [0.25, 0.3) is 0 Å². The molecule has 0 spiro atoms. The van der Waals surface area contributed by atoms with Gasteiger partial charge in [0.2, 0.25) is 5.88 Å². The van der Waals surface area contributed by atoms with E-state index in [2.05, 4.69) is 10.3 Å². The second-order valence-corrected chi connectivity index (χ2v) is 4.06. The Labute approximate surface area is 110 Å². The van der Waals surface area contributed by atoms with Crippen molar-refractivity contribution in [2.75, 3.05) is 7.05 Å². The van der Waals surface area contributed by atoms with Gasteiger partial charge >= 0.3 is 0 Å². The van der Waals surface area contributed by atoms with Gasteiger partial charge in [0.15, 0.2) is 11.6 Å². The SMILES string of the molecule is CNCc1cccnc1Oc1cccc(Cl)c1F. The van der Waals surface area contributed by atoms with Gasteiger partial charge in [0.05, 0.1) is 5.02 Å². The lowest BCUT2D eigenvalue weighted by molar-refractivity contribution is 0.421. The third kappa shape index (κ3) is 2.78. The molecule has 1 aromatic carbocycles. The molecule has 0 atom stereocenters. The summed E-state index contributed by atoms with van der Waals surface area (Å²) in [6.07, 6.45) is 1.59. The van der Waals surface area contributed by atoms with Crippen LogP contribution in [0.4, 0.5) is 4.39 Å². The van der Waals surface area contributed by atoms with Crippen LogP contribution in [0.15, 0.2) is 36.5 Å². The van der Waals surface area contributed by atoms with Gasteiger partial charge in [-0.15, -0.1) is 0 Å². The summed E-state index contributed by atoms with van der Waals surface area (Å²) in [5, 5.41) is 3.02. The molecule has 0 amide bonds. The van der Waals surface area contributed by atoms with E-state index < -0.39 is 5.82 Å². The van der Waals surface area contributed by atoms with Crippen molar-refractivity contribution < 1.29 is 9.13 Å². The number of rotatable bonds is 4. The highest BCUT2D eigenvalue weighted by Gasteiger charge is 2.11. The van der Waals surface area contributed by atoms with Crippen molar-refractivity contribution >= 4 is 11.6 Å². The van der Waals surface area contributed by atoms with E-state index in [4.69, 9.17) is 16.3 Å². The molecule has 1 N–H and O–H groups in total. The number of hydrogen-bond acceptors (Lipinski definition) is 3. The van der Waals surface area contributed by atoms with Crippen molar-refractivity contribution in [3.05, 3.63) is 52.9 Å². The van der Waals surface area contributed by atoms with Crippen LogP contribution in [0, 0.1) is 5.82 Å². The summed E-state index contributed by atoms with van der Waals surface area (Å²) in [5.41, 5.74) is 0.847. The highest BCUT2D eigenvalue weighted by molar-refractivity contribution is 6.30. The molecule has 3 nitrogen and oxygen atoms in total. The van der Waals surface area contributed by atoms with Crippen molar-refractivity contribution in [1.29, 1.82) is 0 Å². The maximum Gasteiger partial charge on any atom is 0.223 e. The largest absolute Gasteiger partial charge is 0.436 e. The van der Waals surface area contributed by atoms with Crippen LogP contribution in [-0.2, 0) is 6.54 Å². The summed E-state index contributed by atoms with van der Waals surface area (Å²) in [4.78, 5) is 4.09. The summed E-state index contributed by atoms with van der Waals surface area (Å²) >= 11 is 5.69. The van der Waals surface area contributed by atoms with Crippen molar-refractivity contribution in [3.63, 3.8) is 0 Å². The number of pyridine rings is 1. The Morgan fingerprint density at radius 2 is 2.17 bits per heavy atom. The zero-order chi connectivity index (χ0) is 13.0. The minimum atomic E-state index is -0.583. The molecule has 0 aliphatic carbocycles. The zero-order valence-electron chi connectivity index (χ0n) is 9.78. The number of halogens is 2. The summed E-state index contributed by atoms with van der Waals surface area (Å²) in [7, 11) is 1.82. The van der Waals surface area contributed by atoms with E-state index in [9.17, 15) is 4.39 Å². The molecule has 2 rings (SSSR count). The monoisotopic (exact) mass is 266 g/mol. The minimum Gasteiger partial charge on any atom is -0.436 e. The molecule has 0 fully saturated rings. The van der Waals surface area contributed by atoms with E-state index in [0.717, 1.165) is 5.56 Å². The Morgan fingerprint density at radius 1 is 1.33 bits per heavy atom. The average molecular weight is 267 g/mol. The molecule has 1 heterocycles. The Balaban J connectivity index is 2.31. The van der Waals surface area contributed by atoms with Crippen LogP contribution >= 0.6 is 11.6 Å². The molecule has 18 heavy (non-hydrogen) atoms. The lowest BCUT2D eigenvalue weighted by Gasteiger charge is -2.10. The molecule has 94 valence electrons. The van der Waals surface area contributed by atoms with E-state index in [1.165, 1.54) is 12.1 Å². The van der Waals surface area contributed by atoms with Crippen molar-refractivity contribution in [3.8, 4) is 11.6 Å². The van der Waals surface area contributed by atoms with Crippen LogP contribution in [0.2, 0.25) is 5.02 Å². The summed E-state index contributed by atoms with van der Waals surface area (Å²) in [6, 6.07) is 8.27. The average Bonchev–Trinajstić information content (AvgIpc) is 2.37. The highest BCUT2D eigenvalue weighted by Crippen LogP contribution is 2.29. The predicted octanol–water partition coefficient (Wildman–Crippen LogP) is 3.39. The van der Waals surface area contributed by atoms with Crippen molar-refractivity contribution in [1.82, 2.24) is 10.3 Å². The zero-order valence-corrected chi connectivity index (χ0v) is 10.5. The van der Waals surface area contributed by atoms with Gasteiger partial charge in [-0.25, -0.2) is 9.37 Å². The number of nitrogens with zero attached hydrogens (tertiary/aromatic N) is 1. The van der Waals surface area contributed by atoms with Crippen molar-refractivity contribution in [2.45, 2.75) is 6.54 Å². The maximum atomic E-state index is 13.7. The third-order valence-electron chi connectivity index (χ3n) is 2.34. The molecule has 0 radical (unpaired) electrons. The number of hydrogen-bond donors (Lipinski definition) is 1. The molecular weight excluding hydrogens is 255 g/mol. The molecule has 0 aliphatic heterocycles. The quantitative estimate of drug-likeness (QED) is 0.921. The van der Waals surface area contributed by atoms with E-state index >= 15 is 0 Å². The highest BCUT2D eigenvalue weighted by atomic mass is 35.5. The Bertz CT molecular complexity index is 548. The van der Waals surface area contributed by atoms with E-state index in [0.29, 0.717) is 12.4 Å². The van der Waals surface area contributed by atoms with Crippen LogP contribution in [0.3, 0.4) is 0 Å². The van der Waals surface area contributed by atoms with Crippen LogP contribution in [0.1, 0.15) is 5.56 Å². The first-order chi connectivity index (χ1) is 8.72. The topological polar surface area (TPSA) is 34.2 Å². The molecule has 1 aromatic heterocycles. The number of ether oxygens (including phenoxy) is 1. The van der Waals surface area contributed by atoms with E-state index in [1.807, 2.05) is 13.1 Å². The fourth-order valence-electron chi connectivity index (χ4n) is 1.51. The minimum absolute atomic E-state index is 0.0265. The van der Waals surface area contributed by atoms with Gasteiger partial charge in [0.25, 0.3) is 0 Å². The van der Waals surface area contributed by atoms with Crippen LogP contribution < -0.4 is 10.1 Å². The van der Waals surface area contributed by atoms with Crippen LogP contribution in [-0.4, -0.2) is 12.0 Å². The number of benzene rings is 1. The first-order valence-corrected chi connectivity index (χ1v) is 5.80. The molecular formula is C13H12ClFN2O. The molecule has 0 aliphatic rings. The first kappa shape index (κ1) is 12.8. The van der Waals surface area contributed by atoms with Gasteiger partial charge in [0, 0.05) is 18.3 Å². The molecule has 2 aromatic rings. The molecule has 0 saturated carbocycles. The lowest BCUT2D eigenvalue weighted by Crippen LogP contribution is -2.07. The Morgan fingerprint density at radius 3 is 2.94 bits per heavy atom. The normalized spacial score (nSPS) is 10.4. The molecule has 0 bridgehead atoms. The fourth-order valence-corrected chi connectivity index (χ4v) is 1.67. The van der Waals surface area contributed by atoms with Gasteiger partial charge in [0.1, 0.15) is 0 Å². The molecule has 0 unspecified atom stereocenters. The lowest BCUT2D eigenvalue weighted by atomic mass is 10.2. The number of nitrogens with one attached hydrogen (secondary N) is 1. The van der Waals surface area contributed by atoms with Crippen LogP contribution in [0.5, 0.6) is 11.6 Å². The second kappa shape index (κ2) is 5.80. The maximum absolute atomic E-state index is 13.7. The summed E-state index contributed by atoms with van der Waals surface area (Å²) in [6.45, 7) is 0.589. The molecule has 0 saturated heterocycles. The number of aromatic nitrogens is 1. The van der Waals surface area contributed by atoms with Gasteiger partial charge in [-0.1, -0.05) is 23.7 Å². The summed E-state index contributed by atoms with van der Waals surface area (Å²) < 4.78 is 19.2. The fraction of sp³-hybridized carbons (Fsp3) is 0.154. The van der Waals surface area contributed by atoms with Gasteiger partial charge in [-0.2, -0.15) is 0 Å². The Kier molecular flexibility index (Phi) is 4.12. The Hall–Kier alpha value is -1.65. The molecule has 5 heteroatoms. The first-order valence-electron chi connectivity index (χ1n) is 5.42. The smallest absolute Gasteiger partial charge is 0.223 e. The van der Waals surface area contributed by atoms with Gasteiger partial charge in [-0.3, -0.25) is 0 Å².